The summed E-state index contributed by atoms with van der Waals surface area (Å²) in [5, 5.41) is 2.80. The molecular formula is C14H14Cl2O2S2. The van der Waals surface area contributed by atoms with Crippen LogP contribution >= 0.6 is 34.5 Å². The Balaban J connectivity index is 2.66. The van der Waals surface area contributed by atoms with Crippen LogP contribution in [0.15, 0.2) is 28.5 Å². The highest BCUT2D eigenvalue weighted by atomic mass is 35.5. The van der Waals surface area contributed by atoms with E-state index in [0.717, 1.165) is 16.0 Å². The third-order valence-electron chi connectivity index (χ3n) is 2.94. The summed E-state index contributed by atoms with van der Waals surface area (Å²) in [5.41, 5.74) is 1.88. The van der Waals surface area contributed by atoms with E-state index in [1.807, 2.05) is 19.9 Å². The van der Waals surface area contributed by atoms with Gasteiger partial charge in [0.05, 0.1) is 4.90 Å². The molecule has 0 saturated carbocycles. The molecule has 0 amide bonds. The molecule has 0 unspecified atom stereocenters. The lowest BCUT2D eigenvalue weighted by atomic mass is 9.96. The summed E-state index contributed by atoms with van der Waals surface area (Å²) in [4.78, 5) is 1.18. The Morgan fingerprint density at radius 1 is 1.15 bits per heavy atom. The van der Waals surface area contributed by atoms with Crippen LogP contribution in [-0.2, 0) is 9.84 Å². The van der Waals surface area contributed by atoms with Gasteiger partial charge in [-0.2, -0.15) is 0 Å². The lowest BCUT2D eigenvalue weighted by Crippen LogP contribution is -1.95. The Morgan fingerprint density at radius 3 is 2.30 bits per heavy atom. The Bertz CT molecular complexity index is 747. The summed E-state index contributed by atoms with van der Waals surface area (Å²) in [6.45, 7) is 4.09. The highest BCUT2D eigenvalue weighted by Gasteiger charge is 2.17. The third-order valence-corrected chi connectivity index (χ3v) is 5.68. The number of rotatable bonds is 3. The van der Waals surface area contributed by atoms with Gasteiger partial charge in [0.2, 0.25) is 0 Å². The maximum Gasteiger partial charge on any atom is 0.176 e. The van der Waals surface area contributed by atoms with Crippen molar-refractivity contribution in [2.75, 3.05) is 6.26 Å². The summed E-state index contributed by atoms with van der Waals surface area (Å²) in [5.74, 6) is 0.221. The minimum Gasteiger partial charge on any atom is -0.224 e. The molecule has 1 aromatic carbocycles. The zero-order valence-corrected chi connectivity index (χ0v) is 14.4. The van der Waals surface area contributed by atoms with Gasteiger partial charge in [0.15, 0.2) is 9.84 Å². The molecule has 20 heavy (non-hydrogen) atoms. The summed E-state index contributed by atoms with van der Waals surface area (Å²) in [6.07, 6.45) is 1.20. The fourth-order valence-electron chi connectivity index (χ4n) is 2.03. The van der Waals surface area contributed by atoms with Crippen LogP contribution < -0.4 is 0 Å². The number of thiophene rings is 1. The molecule has 0 radical (unpaired) electrons. The van der Waals surface area contributed by atoms with E-state index >= 15 is 0 Å². The van der Waals surface area contributed by atoms with Crippen LogP contribution in [0.2, 0.25) is 10.0 Å². The van der Waals surface area contributed by atoms with Crippen LogP contribution in [0, 0.1) is 0 Å². The van der Waals surface area contributed by atoms with Gasteiger partial charge < -0.3 is 0 Å². The molecule has 2 nitrogen and oxygen atoms in total. The van der Waals surface area contributed by atoms with Crippen molar-refractivity contribution in [3.05, 3.63) is 39.2 Å². The number of hydrogen-bond acceptors (Lipinski definition) is 3. The van der Waals surface area contributed by atoms with Gasteiger partial charge in [-0.05, 0) is 35.2 Å². The monoisotopic (exact) mass is 348 g/mol. The largest absolute Gasteiger partial charge is 0.224 e. The first-order chi connectivity index (χ1) is 9.20. The van der Waals surface area contributed by atoms with Gasteiger partial charge in [-0.3, -0.25) is 0 Å². The summed E-state index contributed by atoms with van der Waals surface area (Å²) in [6, 6.07) is 5.22. The van der Waals surface area contributed by atoms with E-state index in [1.165, 1.54) is 17.6 Å². The number of benzene rings is 1. The smallest absolute Gasteiger partial charge is 0.176 e. The number of halogens is 2. The van der Waals surface area contributed by atoms with Crippen LogP contribution in [0.5, 0.6) is 0 Å². The second-order valence-electron chi connectivity index (χ2n) is 4.92. The van der Waals surface area contributed by atoms with Gasteiger partial charge in [-0.1, -0.05) is 37.0 Å². The van der Waals surface area contributed by atoms with Gasteiger partial charge in [-0.15, -0.1) is 11.3 Å². The molecule has 0 aliphatic rings. The number of hydrogen-bond donors (Lipinski definition) is 0. The molecule has 6 heteroatoms. The Morgan fingerprint density at radius 2 is 1.80 bits per heavy atom. The molecule has 0 bridgehead atoms. The predicted octanol–water partition coefficient (Wildman–Crippen LogP) is 5.25. The van der Waals surface area contributed by atoms with Crippen molar-refractivity contribution in [3.8, 4) is 10.4 Å². The third kappa shape index (κ3) is 3.19. The van der Waals surface area contributed by atoms with E-state index in [4.69, 9.17) is 23.2 Å². The zero-order valence-electron chi connectivity index (χ0n) is 11.3. The molecular weight excluding hydrogens is 335 g/mol. The van der Waals surface area contributed by atoms with Crippen LogP contribution in [0.1, 0.15) is 25.3 Å². The molecule has 0 aliphatic carbocycles. The minimum atomic E-state index is -3.20. The Hall–Kier alpha value is -0.550. The normalized spacial score (nSPS) is 12.1. The second kappa shape index (κ2) is 5.68. The van der Waals surface area contributed by atoms with E-state index in [9.17, 15) is 8.42 Å². The standard InChI is InChI=1S/C14H14Cl2O2S2/c1-8(2)14-11(4-9(15)5-12(14)16)13-6-10(7-19-13)20(3,17)18/h4-8H,1-3H3. The van der Waals surface area contributed by atoms with Crippen LogP contribution in [0.25, 0.3) is 10.4 Å². The molecule has 108 valence electrons. The Labute approximate surface area is 133 Å². The average Bonchev–Trinajstić information content (AvgIpc) is 2.75. The SMILES string of the molecule is CC(C)c1c(Cl)cc(Cl)cc1-c1cc(S(C)(=O)=O)cs1. The van der Waals surface area contributed by atoms with E-state index in [-0.39, 0.29) is 5.92 Å². The van der Waals surface area contributed by atoms with Crippen molar-refractivity contribution in [1.82, 2.24) is 0 Å². The lowest BCUT2D eigenvalue weighted by Gasteiger charge is -2.14. The highest BCUT2D eigenvalue weighted by molar-refractivity contribution is 7.90. The van der Waals surface area contributed by atoms with Crippen molar-refractivity contribution in [1.29, 1.82) is 0 Å². The van der Waals surface area contributed by atoms with Gasteiger partial charge >= 0.3 is 0 Å². The first-order valence-electron chi connectivity index (χ1n) is 5.98. The molecule has 0 atom stereocenters. The van der Waals surface area contributed by atoms with Crippen molar-refractivity contribution in [2.45, 2.75) is 24.7 Å². The van der Waals surface area contributed by atoms with Crippen molar-refractivity contribution in [2.24, 2.45) is 0 Å². The minimum absolute atomic E-state index is 0.221. The summed E-state index contributed by atoms with van der Waals surface area (Å²) < 4.78 is 23.2. The van der Waals surface area contributed by atoms with Crippen LogP contribution in [0.3, 0.4) is 0 Å². The Kier molecular flexibility index (Phi) is 4.50. The number of sulfone groups is 1. The van der Waals surface area contributed by atoms with E-state index in [2.05, 4.69) is 0 Å². The van der Waals surface area contributed by atoms with Gasteiger partial charge in [-0.25, -0.2) is 8.42 Å². The van der Waals surface area contributed by atoms with Gasteiger partial charge in [0.1, 0.15) is 0 Å². The molecule has 1 aromatic heterocycles. The molecule has 2 rings (SSSR count). The van der Waals surface area contributed by atoms with Crippen LogP contribution in [0.4, 0.5) is 0 Å². The quantitative estimate of drug-likeness (QED) is 0.758. The zero-order chi connectivity index (χ0) is 15.1. The average molecular weight is 349 g/mol. The molecule has 2 aromatic rings. The van der Waals surface area contributed by atoms with E-state index in [0.29, 0.717) is 14.9 Å². The van der Waals surface area contributed by atoms with Crippen molar-refractivity contribution < 1.29 is 8.42 Å². The van der Waals surface area contributed by atoms with Crippen molar-refractivity contribution >= 4 is 44.4 Å². The fraction of sp³-hybridized carbons (Fsp3) is 0.286. The van der Waals surface area contributed by atoms with E-state index in [1.54, 1.807) is 17.5 Å². The predicted molar refractivity (Wildman–Crippen MR) is 87.0 cm³/mol. The summed E-state index contributed by atoms with van der Waals surface area (Å²) in [7, 11) is -3.20. The molecule has 0 saturated heterocycles. The lowest BCUT2D eigenvalue weighted by molar-refractivity contribution is 0.602. The van der Waals surface area contributed by atoms with Crippen molar-refractivity contribution in [3.63, 3.8) is 0 Å². The molecule has 0 spiro atoms. The maximum atomic E-state index is 11.6. The fourth-order valence-corrected chi connectivity index (χ4v) is 4.79. The topological polar surface area (TPSA) is 34.1 Å². The molecule has 0 N–H and O–H groups in total. The molecule has 0 aliphatic heterocycles. The van der Waals surface area contributed by atoms with Gasteiger partial charge in [0.25, 0.3) is 0 Å². The second-order valence-corrected chi connectivity index (χ2v) is 8.69. The van der Waals surface area contributed by atoms with Gasteiger partial charge in [0, 0.05) is 26.6 Å². The highest BCUT2D eigenvalue weighted by Crippen LogP contribution is 2.40. The first kappa shape index (κ1) is 15.8. The summed E-state index contributed by atoms with van der Waals surface area (Å²) >= 11 is 13.7. The van der Waals surface area contributed by atoms with Crippen LogP contribution in [-0.4, -0.2) is 14.7 Å². The van der Waals surface area contributed by atoms with E-state index < -0.39 is 9.84 Å². The molecule has 0 fully saturated rings. The maximum absolute atomic E-state index is 11.6. The molecule has 1 heterocycles. The first-order valence-corrected chi connectivity index (χ1v) is 9.50.